The van der Waals surface area contributed by atoms with E-state index in [0.29, 0.717) is 35.9 Å². The summed E-state index contributed by atoms with van der Waals surface area (Å²) in [6.07, 6.45) is 0. The molecular weight excluding hydrogens is 327 g/mol. The van der Waals surface area contributed by atoms with E-state index >= 15 is 0 Å². The maximum absolute atomic E-state index is 14.0. The Labute approximate surface area is 143 Å². The number of hydrogen-bond donors (Lipinski definition) is 3. The highest BCUT2D eigenvalue weighted by Gasteiger charge is 2.14. The van der Waals surface area contributed by atoms with E-state index in [9.17, 15) is 9.18 Å². The molecule has 130 valence electrons. The SMILES string of the molecule is COCCn1c(Nc2ccc(C(=O)NO)cc2)nc2c(F)cccc21. The molecule has 3 rings (SSSR count). The normalized spacial score (nSPS) is 10.8. The van der Waals surface area contributed by atoms with Crippen LogP contribution in [0.5, 0.6) is 0 Å². The predicted octanol–water partition coefficient (Wildman–Crippen LogP) is 2.68. The molecule has 0 saturated carbocycles. The highest BCUT2D eigenvalue weighted by molar-refractivity contribution is 5.93. The van der Waals surface area contributed by atoms with Crippen LogP contribution < -0.4 is 10.8 Å². The number of nitrogens with one attached hydrogen (secondary N) is 2. The fourth-order valence-corrected chi connectivity index (χ4v) is 2.52. The van der Waals surface area contributed by atoms with Crippen molar-refractivity contribution in [2.75, 3.05) is 19.0 Å². The summed E-state index contributed by atoms with van der Waals surface area (Å²) < 4.78 is 21.0. The van der Waals surface area contributed by atoms with Gasteiger partial charge in [0.1, 0.15) is 5.52 Å². The third kappa shape index (κ3) is 3.44. The van der Waals surface area contributed by atoms with Crippen LogP contribution in [0.4, 0.5) is 16.0 Å². The first-order chi connectivity index (χ1) is 12.1. The Morgan fingerprint density at radius 1 is 1.28 bits per heavy atom. The van der Waals surface area contributed by atoms with Crippen molar-refractivity contribution in [3.63, 3.8) is 0 Å². The number of methoxy groups -OCH3 is 1. The zero-order valence-corrected chi connectivity index (χ0v) is 13.5. The number of halogens is 1. The lowest BCUT2D eigenvalue weighted by molar-refractivity contribution is 0.0706. The Morgan fingerprint density at radius 3 is 2.72 bits per heavy atom. The van der Waals surface area contributed by atoms with Gasteiger partial charge in [-0.3, -0.25) is 10.0 Å². The van der Waals surface area contributed by atoms with Gasteiger partial charge >= 0.3 is 0 Å². The van der Waals surface area contributed by atoms with Gasteiger partial charge in [0.05, 0.1) is 12.1 Å². The smallest absolute Gasteiger partial charge is 0.274 e. The Hall–Kier alpha value is -2.97. The minimum atomic E-state index is -0.596. The number of anilines is 2. The average molecular weight is 344 g/mol. The van der Waals surface area contributed by atoms with Crippen LogP contribution in [0, 0.1) is 5.82 Å². The van der Waals surface area contributed by atoms with E-state index in [2.05, 4.69) is 10.3 Å². The van der Waals surface area contributed by atoms with E-state index in [1.165, 1.54) is 6.07 Å². The highest BCUT2D eigenvalue weighted by Crippen LogP contribution is 2.25. The summed E-state index contributed by atoms with van der Waals surface area (Å²) in [5.74, 6) is -0.524. The van der Waals surface area contributed by atoms with Crippen LogP contribution in [0.2, 0.25) is 0 Å². The molecule has 0 unspecified atom stereocenters. The number of fused-ring (bicyclic) bond motifs is 1. The van der Waals surface area contributed by atoms with E-state index in [1.54, 1.807) is 49.0 Å². The first-order valence-corrected chi connectivity index (χ1v) is 7.59. The topological polar surface area (TPSA) is 88.4 Å². The van der Waals surface area contributed by atoms with Gasteiger partial charge in [-0.05, 0) is 36.4 Å². The zero-order valence-electron chi connectivity index (χ0n) is 13.5. The number of amides is 1. The minimum Gasteiger partial charge on any atom is -0.383 e. The molecule has 0 aliphatic heterocycles. The molecule has 0 aliphatic rings. The molecule has 0 saturated heterocycles. The van der Waals surface area contributed by atoms with Crippen LogP contribution in [0.3, 0.4) is 0 Å². The molecule has 0 bridgehead atoms. The van der Waals surface area contributed by atoms with E-state index in [4.69, 9.17) is 9.94 Å². The van der Waals surface area contributed by atoms with Crippen molar-refractivity contribution >= 4 is 28.6 Å². The molecular formula is C17H17FN4O3. The first kappa shape index (κ1) is 16.9. The fraction of sp³-hybridized carbons (Fsp3) is 0.176. The van der Waals surface area contributed by atoms with E-state index in [1.807, 2.05) is 4.57 Å². The van der Waals surface area contributed by atoms with Gasteiger partial charge < -0.3 is 14.6 Å². The van der Waals surface area contributed by atoms with Gasteiger partial charge in [-0.1, -0.05) is 6.07 Å². The molecule has 1 heterocycles. The monoisotopic (exact) mass is 344 g/mol. The Morgan fingerprint density at radius 2 is 2.04 bits per heavy atom. The summed E-state index contributed by atoms with van der Waals surface area (Å²) in [6.45, 7) is 0.954. The molecule has 0 spiro atoms. The van der Waals surface area contributed by atoms with Crippen LogP contribution in [0.25, 0.3) is 11.0 Å². The molecule has 3 aromatic rings. The average Bonchev–Trinajstić information content (AvgIpc) is 2.98. The predicted molar refractivity (Wildman–Crippen MR) is 90.5 cm³/mol. The lowest BCUT2D eigenvalue weighted by atomic mass is 10.2. The van der Waals surface area contributed by atoms with Gasteiger partial charge in [0, 0.05) is 24.9 Å². The van der Waals surface area contributed by atoms with Crippen molar-refractivity contribution in [3.8, 4) is 0 Å². The van der Waals surface area contributed by atoms with Gasteiger partial charge in [0.2, 0.25) is 5.95 Å². The van der Waals surface area contributed by atoms with Crippen molar-refractivity contribution in [1.82, 2.24) is 15.0 Å². The summed E-state index contributed by atoms with van der Waals surface area (Å²) in [7, 11) is 1.59. The number of carbonyl (C=O) groups excluding carboxylic acids is 1. The number of nitrogens with zero attached hydrogens (tertiary/aromatic N) is 2. The molecule has 25 heavy (non-hydrogen) atoms. The molecule has 0 atom stereocenters. The summed E-state index contributed by atoms with van der Waals surface area (Å²) in [5.41, 5.74) is 3.50. The van der Waals surface area contributed by atoms with Crippen molar-refractivity contribution in [2.45, 2.75) is 6.54 Å². The maximum atomic E-state index is 14.0. The molecule has 0 radical (unpaired) electrons. The number of aromatic nitrogens is 2. The number of benzene rings is 2. The van der Waals surface area contributed by atoms with Crippen LogP contribution >= 0.6 is 0 Å². The summed E-state index contributed by atoms with van der Waals surface area (Å²) in [5, 5.41) is 11.8. The number of carbonyl (C=O) groups is 1. The van der Waals surface area contributed by atoms with Crippen molar-refractivity contribution in [2.24, 2.45) is 0 Å². The highest BCUT2D eigenvalue weighted by atomic mass is 19.1. The molecule has 1 amide bonds. The Balaban J connectivity index is 1.94. The minimum absolute atomic E-state index is 0.275. The third-order valence-corrected chi connectivity index (χ3v) is 3.75. The molecule has 0 fully saturated rings. The summed E-state index contributed by atoms with van der Waals surface area (Å²) in [4.78, 5) is 15.7. The van der Waals surface area contributed by atoms with Crippen LogP contribution in [0.15, 0.2) is 42.5 Å². The second kappa shape index (κ2) is 7.29. The van der Waals surface area contributed by atoms with Gasteiger partial charge in [0.15, 0.2) is 5.82 Å². The van der Waals surface area contributed by atoms with E-state index in [0.717, 1.165) is 0 Å². The molecule has 8 heteroatoms. The van der Waals surface area contributed by atoms with Crippen LogP contribution in [0.1, 0.15) is 10.4 Å². The summed E-state index contributed by atoms with van der Waals surface area (Å²) >= 11 is 0. The van der Waals surface area contributed by atoms with E-state index in [-0.39, 0.29) is 5.52 Å². The quantitative estimate of drug-likeness (QED) is 0.473. The zero-order chi connectivity index (χ0) is 17.8. The standard InChI is InChI=1S/C17H17FN4O3/c1-25-10-9-22-14-4-2-3-13(18)15(14)20-17(22)19-12-7-5-11(6-8-12)16(23)21-24/h2-8,24H,9-10H2,1H3,(H,19,20)(H,21,23). The maximum Gasteiger partial charge on any atom is 0.274 e. The number of para-hydroxylation sites is 1. The second-order valence-electron chi connectivity index (χ2n) is 5.33. The molecule has 1 aromatic heterocycles. The number of ether oxygens (including phenoxy) is 1. The number of rotatable bonds is 6. The van der Waals surface area contributed by atoms with Gasteiger partial charge in [0.25, 0.3) is 5.91 Å². The van der Waals surface area contributed by atoms with Crippen molar-refractivity contribution in [3.05, 3.63) is 53.8 Å². The Kier molecular flexibility index (Phi) is 4.92. The third-order valence-electron chi connectivity index (χ3n) is 3.75. The number of hydroxylamine groups is 1. The lowest BCUT2D eigenvalue weighted by Gasteiger charge is -2.10. The second-order valence-corrected chi connectivity index (χ2v) is 5.33. The van der Waals surface area contributed by atoms with Gasteiger partial charge in [-0.15, -0.1) is 0 Å². The molecule has 7 nitrogen and oxygen atoms in total. The van der Waals surface area contributed by atoms with Gasteiger partial charge in [-0.25, -0.2) is 14.9 Å². The van der Waals surface area contributed by atoms with Gasteiger partial charge in [-0.2, -0.15) is 0 Å². The fourth-order valence-electron chi connectivity index (χ4n) is 2.52. The lowest BCUT2D eigenvalue weighted by Crippen LogP contribution is -2.18. The molecule has 0 aliphatic carbocycles. The largest absolute Gasteiger partial charge is 0.383 e. The summed E-state index contributed by atoms with van der Waals surface area (Å²) in [6, 6.07) is 11.2. The number of imidazole rings is 1. The Bertz CT molecular complexity index is 893. The van der Waals surface area contributed by atoms with Crippen LogP contribution in [-0.4, -0.2) is 34.4 Å². The molecule has 3 N–H and O–H groups in total. The van der Waals surface area contributed by atoms with Crippen molar-refractivity contribution < 1.29 is 19.1 Å². The first-order valence-electron chi connectivity index (χ1n) is 7.59. The van der Waals surface area contributed by atoms with Crippen molar-refractivity contribution in [1.29, 1.82) is 0 Å². The van der Waals surface area contributed by atoms with E-state index < -0.39 is 11.7 Å². The molecule has 2 aromatic carbocycles. The number of hydrogen-bond acceptors (Lipinski definition) is 5. The van der Waals surface area contributed by atoms with Crippen LogP contribution in [-0.2, 0) is 11.3 Å².